The van der Waals surface area contributed by atoms with Crippen LogP contribution in [0.25, 0.3) is 0 Å². The summed E-state index contributed by atoms with van der Waals surface area (Å²) in [7, 11) is -1.97. The average molecular weight is 413 g/mol. The summed E-state index contributed by atoms with van der Waals surface area (Å²) in [4.78, 5) is 24.0. The van der Waals surface area contributed by atoms with Gasteiger partial charge in [0.25, 0.3) is 5.91 Å². The molecule has 9 heteroatoms. The molecule has 1 aromatic carbocycles. The molecule has 0 aromatic heterocycles. The number of methoxy groups -OCH3 is 1. The number of esters is 1. The third kappa shape index (κ3) is 6.29. The Bertz CT molecular complexity index is 757. The van der Waals surface area contributed by atoms with Gasteiger partial charge in [-0.15, -0.1) is 0 Å². The van der Waals surface area contributed by atoms with E-state index in [1.54, 1.807) is 12.1 Å². The van der Waals surface area contributed by atoms with Gasteiger partial charge in [0.1, 0.15) is 0 Å². The zero-order chi connectivity index (χ0) is 20.6. The van der Waals surface area contributed by atoms with Crippen LogP contribution >= 0.6 is 0 Å². The monoisotopic (exact) mass is 412 g/mol. The molecule has 8 nitrogen and oxygen atoms in total. The fourth-order valence-corrected chi connectivity index (χ4v) is 4.43. The molecule has 1 amide bonds. The fraction of sp³-hybridized carbons (Fsp3) is 0.579. The van der Waals surface area contributed by atoms with E-state index >= 15 is 0 Å². The third-order valence-electron chi connectivity index (χ3n) is 4.51. The van der Waals surface area contributed by atoms with E-state index in [1.807, 2.05) is 0 Å². The van der Waals surface area contributed by atoms with Crippen LogP contribution in [0.5, 0.6) is 0 Å². The highest BCUT2D eigenvalue weighted by Gasteiger charge is 2.26. The van der Waals surface area contributed by atoms with Crippen LogP contribution in [0.15, 0.2) is 29.2 Å². The number of amides is 1. The highest BCUT2D eigenvalue weighted by molar-refractivity contribution is 7.89. The number of nitrogens with zero attached hydrogens (tertiary/aromatic N) is 1. The van der Waals surface area contributed by atoms with Crippen molar-refractivity contribution in [2.45, 2.75) is 43.6 Å². The van der Waals surface area contributed by atoms with E-state index in [0.717, 1.165) is 19.3 Å². The van der Waals surface area contributed by atoms with Crippen LogP contribution in [-0.4, -0.2) is 64.1 Å². The molecule has 1 aliphatic heterocycles. The van der Waals surface area contributed by atoms with Crippen molar-refractivity contribution >= 4 is 21.9 Å². The molecule has 0 radical (unpaired) electrons. The molecule has 0 bridgehead atoms. The summed E-state index contributed by atoms with van der Waals surface area (Å²) < 4.78 is 36.7. The molecule has 0 spiro atoms. The maximum Gasteiger partial charge on any atom is 0.311 e. The number of benzene rings is 1. The molecule has 0 saturated carbocycles. The molecular formula is C19H28N2O6S. The molecule has 1 aromatic rings. The second-order valence-corrected chi connectivity index (χ2v) is 8.64. The predicted molar refractivity (Wildman–Crippen MR) is 103 cm³/mol. The van der Waals surface area contributed by atoms with Crippen LogP contribution in [0.4, 0.5) is 0 Å². The van der Waals surface area contributed by atoms with Crippen LogP contribution in [0.1, 0.15) is 31.7 Å². The largest absolute Gasteiger partial charge is 0.452 e. The first kappa shape index (κ1) is 22.3. The lowest BCUT2D eigenvalue weighted by Crippen LogP contribution is -2.37. The molecule has 0 unspecified atom stereocenters. The first-order valence-corrected chi connectivity index (χ1v) is 10.8. The standard InChI is InChI=1S/C19H28N2O6S/c1-15(19(23)20-10-13-26-2)27-18(22)14-16-6-8-17(9-7-16)28(24,25)21-11-4-3-5-12-21/h6-9,15H,3-5,10-14H2,1-2H3,(H,20,23)/t15-/m0/s1. The van der Waals surface area contributed by atoms with Crippen molar-refractivity contribution < 1.29 is 27.5 Å². The Balaban J connectivity index is 1.89. The van der Waals surface area contributed by atoms with Gasteiger partial charge in [0, 0.05) is 26.7 Å². The molecule has 1 saturated heterocycles. The lowest BCUT2D eigenvalue weighted by Gasteiger charge is -2.25. The zero-order valence-electron chi connectivity index (χ0n) is 16.3. The maximum atomic E-state index is 12.6. The lowest BCUT2D eigenvalue weighted by molar-refractivity contribution is -0.154. The Labute approximate surface area is 166 Å². The molecule has 2 rings (SSSR count). The van der Waals surface area contributed by atoms with Gasteiger partial charge in [0.15, 0.2) is 6.10 Å². The summed E-state index contributed by atoms with van der Waals surface area (Å²) in [5.74, 6) is -0.950. The summed E-state index contributed by atoms with van der Waals surface area (Å²) >= 11 is 0. The third-order valence-corrected chi connectivity index (χ3v) is 6.42. The summed E-state index contributed by atoms with van der Waals surface area (Å²) in [6, 6.07) is 6.21. The molecule has 1 aliphatic rings. The lowest BCUT2D eigenvalue weighted by atomic mass is 10.1. The summed E-state index contributed by atoms with van der Waals surface area (Å²) in [6.45, 7) is 3.29. The van der Waals surface area contributed by atoms with E-state index in [-0.39, 0.29) is 11.3 Å². The van der Waals surface area contributed by atoms with Crippen LogP contribution in [0, 0.1) is 0 Å². The first-order chi connectivity index (χ1) is 13.3. The van der Waals surface area contributed by atoms with Gasteiger partial charge >= 0.3 is 5.97 Å². The van der Waals surface area contributed by atoms with E-state index in [0.29, 0.717) is 31.8 Å². The highest BCUT2D eigenvalue weighted by atomic mass is 32.2. The molecule has 156 valence electrons. The minimum absolute atomic E-state index is 0.0419. The molecule has 1 heterocycles. The average Bonchev–Trinajstić information content (AvgIpc) is 2.69. The van der Waals surface area contributed by atoms with E-state index in [4.69, 9.17) is 9.47 Å². The predicted octanol–water partition coefficient (Wildman–Crippen LogP) is 1.10. The highest BCUT2D eigenvalue weighted by Crippen LogP contribution is 2.21. The van der Waals surface area contributed by atoms with E-state index in [1.165, 1.54) is 30.5 Å². The number of piperidine rings is 1. The van der Waals surface area contributed by atoms with E-state index in [9.17, 15) is 18.0 Å². The minimum Gasteiger partial charge on any atom is -0.452 e. The summed E-state index contributed by atoms with van der Waals surface area (Å²) in [5, 5.41) is 2.60. The molecule has 1 fully saturated rings. The van der Waals surface area contributed by atoms with Crippen LogP contribution in [0.3, 0.4) is 0 Å². The van der Waals surface area contributed by atoms with Gasteiger partial charge in [-0.3, -0.25) is 9.59 Å². The number of nitrogens with one attached hydrogen (secondary N) is 1. The quantitative estimate of drug-likeness (QED) is 0.481. The number of carbonyl (C=O) groups excluding carboxylic acids is 2. The second-order valence-electron chi connectivity index (χ2n) is 6.70. The van der Waals surface area contributed by atoms with Gasteiger partial charge in [-0.1, -0.05) is 18.6 Å². The Hall–Kier alpha value is -1.97. The molecule has 0 aliphatic carbocycles. The smallest absolute Gasteiger partial charge is 0.311 e. The van der Waals surface area contributed by atoms with Crippen LogP contribution < -0.4 is 5.32 Å². The number of hydrogen-bond donors (Lipinski definition) is 1. The SMILES string of the molecule is COCCNC(=O)[C@H](C)OC(=O)Cc1ccc(S(=O)(=O)N2CCCCC2)cc1. The summed E-state index contributed by atoms with van der Waals surface area (Å²) in [6.07, 6.45) is 1.85. The fourth-order valence-electron chi connectivity index (χ4n) is 2.91. The first-order valence-electron chi connectivity index (χ1n) is 9.40. The van der Waals surface area contributed by atoms with Crippen LogP contribution in [0.2, 0.25) is 0 Å². The number of sulfonamides is 1. The minimum atomic E-state index is -3.49. The van der Waals surface area contributed by atoms with Gasteiger partial charge in [0.05, 0.1) is 17.9 Å². The molecule has 1 N–H and O–H groups in total. The number of ether oxygens (including phenoxy) is 2. The topological polar surface area (TPSA) is 102 Å². The van der Waals surface area contributed by atoms with Gasteiger partial charge < -0.3 is 14.8 Å². The van der Waals surface area contributed by atoms with Crippen molar-refractivity contribution in [3.05, 3.63) is 29.8 Å². The summed E-state index contributed by atoms with van der Waals surface area (Å²) in [5.41, 5.74) is 0.620. The molecule has 28 heavy (non-hydrogen) atoms. The zero-order valence-corrected chi connectivity index (χ0v) is 17.2. The van der Waals surface area contributed by atoms with Gasteiger partial charge in [-0.05, 0) is 37.5 Å². The van der Waals surface area contributed by atoms with Crippen LogP contribution in [-0.2, 0) is 35.5 Å². The van der Waals surface area contributed by atoms with Gasteiger partial charge in [-0.25, -0.2) is 8.42 Å². The molecular weight excluding hydrogens is 384 g/mol. The Morgan fingerprint density at radius 3 is 2.39 bits per heavy atom. The van der Waals surface area contributed by atoms with E-state index < -0.39 is 28.0 Å². The van der Waals surface area contributed by atoms with Crippen molar-refractivity contribution in [3.8, 4) is 0 Å². The van der Waals surface area contributed by atoms with Gasteiger partial charge in [-0.2, -0.15) is 4.31 Å². The van der Waals surface area contributed by atoms with Crippen molar-refractivity contribution in [2.24, 2.45) is 0 Å². The van der Waals surface area contributed by atoms with Crippen molar-refractivity contribution in [1.29, 1.82) is 0 Å². The number of carbonyl (C=O) groups is 2. The van der Waals surface area contributed by atoms with Gasteiger partial charge in [0.2, 0.25) is 10.0 Å². The molecule has 1 atom stereocenters. The Morgan fingerprint density at radius 1 is 1.14 bits per heavy atom. The van der Waals surface area contributed by atoms with Crippen molar-refractivity contribution in [2.75, 3.05) is 33.4 Å². The Morgan fingerprint density at radius 2 is 1.79 bits per heavy atom. The second kappa shape index (κ2) is 10.5. The number of rotatable bonds is 9. The maximum absolute atomic E-state index is 12.6. The number of hydrogen-bond acceptors (Lipinski definition) is 6. The van der Waals surface area contributed by atoms with Crippen molar-refractivity contribution in [3.63, 3.8) is 0 Å². The Kier molecular flexibility index (Phi) is 8.40. The van der Waals surface area contributed by atoms with E-state index in [2.05, 4.69) is 5.32 Å². The normalized spacial score (nSPS) is 16.4. The van der Waals surface area contributed by atoms with Crippen molar-refractivity contribution in [1.82, 2.24) is 9.62 Å².